The highest BCUT2D eigenvalue weighted by Crippen LogP contribution is 2.30. The minimum Gasteiger partial charge on any atom is -0.383 e. The Morgan fingerprint density at radius 3 is 2.79 bits per heavy atom. The Hall–Kier alpha value is -2.49. The number of benzene rings is 1. The molecule has 0 bridgehead atoms. The fourth-order valence-corrected chi connectivity index (χ4v) is 2.19. The summed E-state index contributed by atoms with van der Waals surface area (Å²) in [5.74, 6) is 0.500. The largest absolute Gasteiger partial charge is 0.383 e. The molecule has 2 heterocycles. The Labute approximate surface area is 111 Å². The zero-order valence-corrected chi connectivity index (χ0v) is 10.9. The van der Waals surface area contributed by atoms with E-state index >= 15 is 0 Å². The Bertz CT molecular complexity index is 765. The quantitative estimate of drug-likeness (QED) is 0.721. The summed E-state index contributed by atoms with van der Waals surface area (Å²) in [7, 11) is 0. The number of anilines is 1. The second-order valence-corrected chi connectivity index (χ2v) is 4.60. The predicted octanol–water partition coefficient (Wildman–Crippen LogP) is 2.89. The van der Waals surface area contributed by atoms with E-state index in [1.165, 1.54) is 17.5 Å². The Morgan fingerprint density at radius 2 is 1.95 bits per heavy atom. The predicted molar refractivity (Wildman–Crippen MR) is 76.7 cm³/mol. The maximum Gasteiger partial charge on any atom is 0.164 e. The summed E-state index contributed by atoms with van der Waals surface area (Å²) < 4.78 is 0. The van der Waals surface area contributed by atoms with Crippen molar-refractivity contribution in [1.29, 1.82) is 0 Å². The van der Waals surface area contributed by atoms with Crippen LogP contribution >= 0.6 is 0 Å². The van der Waals surface area contributed by atoms with Crippen molar-refractivity contribution in [2.24, 2.45) is 0 Å². The van der Waals surface area contributed by atoms with Crippen LogP contribution in [0.3, 0.4) is 0 Å². The maximum atomic E-state index is 6.07. The lowest BCUT2D eigenvalue weighted by molar-refractivity contribution is 1.18. The zero-order valence-electron chi connectivity index (χ0n) is 10.9. The molecular formula is C15H14N4. The molecule has 0 fully saturated rings. The van der Waals surface area contributed by atoms with Crippen molar-refractivity contribution in [2.45, 2.75) is 13.8 Å². The van der Waals surface area contributed by atoms with Gasteiger partial charge in [-0.2, -0.15) is 0 Å². The number of nitrogens with two attached hydrogens (primary N) is 1. The summed E-state index contributed by atoms with van der Waals surface area (Å²) >= 11 is 0. The molecule has 0 spiro atoms. The molecule has 0 aliphatic heterocycles. The first-order chi connectivity index (χ1) is 9.16. The zero-order chi connectivity index (χ0) is 13.4. The molecule has 1 aromatic carbocycles. The molecule has 4 heteroatoms. The minimum absolute atomic E-state index is 0.500. The monoisotopic (exact) mass is 250 g/mol. The van der Waals surface area contributed by atoms with Gasteiger partial charge >= 0.3 is 0 Å². The highest BCUT2D eigenvalue weighted by Gasteiger charge is 2.10. The number of nitrogen functional groups attached to an aromatic ring is 1. The molecule has 94 valence electrons. The number of nitrogens with zero attached hydrogens (tertiary/aromatic N) is 3. The molecule has 3 rings (SSSR count). The SMILES string of the molecule is Cc1cccc(-c2cc3cncnc3nc2N)c1C. The van der Waals surface area contributed by atoms with Crippen molar-refractivity contribution in [1.82, 2.24) is 15.0 Å². The van der Waals surface area contributed by atoms with Crippen LogP contribution in [0.25, 0.3) is 22.2 Å². The standard InChI is InChI=1S/C15H14N4/c1-9-4-3-5-12(10(9)2)13-6-11-7-17-8-18-15(11)19-14(13)16/h3-8H,1-2H3,(H2,16,17,18,19). The smallest absolute Gasteiger partial charge is 0.164 e. The van der Waals surface area contributed by atoms with Crippen molar-refractivity contribution in [3.8, 4) is 11.1 Å². The summed E-state index contributed by atoms with van der Waals surface area (Å²) in [6.07, 6.45) is 3.23. The molecule has 0 saturated heterocycles. The van der Waals surface area contributed by atoms with Gasteiger partial charge in [0.2, 0.25) is 0 Å². The van der Waals surface area contributed by atoms with Gasteiger partial charge in [0.25, 0.3) is 0 Å². The lowest BCUT2D eigenvalue weighted by Crippen LogP contribution is -1.98. The third kappa shape index (κ3) is 1.91. The van der Waals surface area contributed by atoms with Gasteiger partial charge in [-0.05, 0) is 36.6 Å². The second-order valence-electron chi connectivity index (χ2n) is 4.60. The highest BCUT2D eigenvalue weighted by atomic mass is 14.9. The van der Waals surface area contributed by atoms with Crippen molar-refractivity contribution in [2.75, 3.05) is 5.73 Å². The third-order valence-corrected chi connectivity index (χ3v) is 3.42. The number of aryl methyl sites for hydroxylation is 1. The maximum absolute atomic E-state index is 6.07. The molecular weight excluding hydrogens is 236 g/mol. The second kappa shape index (κ2) is 4.31. The van der Waals surface area contributed by atoms with Crippen molar-refractivity contribution in [3.05, 3.63) is 47.9 Å². The third-order valence-electron chi connectivity index (χ3n) is 3.42. The van der Waals surface area contributed by atoms with Gasteiger partial charge in [0, 0.05) is 17.1 Å². The number of pyridine rings is 1. The molecule has 2 N–H and O–H groups in total. The molecule has 0 aliphatic carbocycles. The average Bonchev–Trinajstić information content (AvgIpc) is 2.41. The number of hydrogen-bond donors (Lipinski definition) is 1. The first-order valence-corrected chi connectivity index (χ1v) is 6.09. The van der Waals surface area contributed by atoms with Crippen molar-refractivity contribution < 1.29 is 0 Å². The molecule has 4 nitrogen and oxygen atoms in total. The van der Waals surface area contributed by atoms with E-state index in [-0.39, 0.29) is 0 Å². The lowest BCUT2D eigenvalue weighted by Gasteiger charge is -2.11. The van der Waals surface area contributed by atoms with Crippen LogP contribution in [0.15, 0.2) is 36.8 Å². The van der Waals surface area contributed by atoms with E-state index in [2.05, 4.69) is 40.9 Å². The van der Waals surface area contributed by atoms with Gasteiger partial charge in [-0.1, -0.05) is 18.2 Å². The average molecular weight is 250 g/mol. The first-order valence-electron chi connectivity index (χ1n) is 6.09. The number of hydrogen-bond acceptors (Lipinski definition) is 4. The van der Waals surface area contributed by atoms with Crippen LogP contribution in [-0.4, -0.2) is 15.0 Å². The van der Waals surface area contributed by atoms with Crippen LogP contribution < -0.4 is 5.73 Å². The van der Waals surface area contributed by atoms with Crippen LogP contribution in [-0.2, 0) is 0 Å². The van der Waals surface area contributed by atoms with E-state index < -0.39 is 0 Å². The fourth-order valence-electron chi connectivity index (χ4n) is 2.19. The Balaban J connectivity index is 2.30. The van der Waals surface area contributed by atoms with Gasteiger partial charge < -0.3 is 5.73 Å². The van der Waals surface area contributed by atoms with Gasteiger partial charge in [-0.25, -0.2) is 15.0 Å². The summed E-state index contributed by atoms with van der Waals surface area (Å²) in [4.78, 5) is 12.5. The van der Waals surface area contributed by atoms with Crippen LogP contribution in [0.4, 0.5) is 5.82 Å². The molecule has 0 amide bonds. The van der Waals surface area contributed by atoms with E-state index in [0.717, 1.165) is 16.5 Å². The normalized spacial score (nSPS) is 10.8. The summed E-state index contributed by atoms with van der Waals surface area (Å²) in [5.41, 5.74) is 11.2. The van der Waals surface area contributed by atoms with E-state index in [0.29, 0.717) is 11.5 Å². The molecule has 0 radical (unpaired) electrons. The fraction of sp³-hybridized carbons (Fsp3) is 0.133. The summed E-state index contributed by atoms with van der Waals surface area (Å²) in [6.45, 7) is 4.18. The molecule has 0 saturated carbocycles. The van der Waals surface area contributed by atoms with E-state index in [9.17, 15) is 0 Å². The van der Waals surface area contributed by atoms with Gasteiger partial charge in [0.15, 0.2) is 5.65 Å². The number of rotatable bonds is 1. The molecule has 0 atom stereocenters. The van der Waals surface area contributed by atoms with Crippen molar-refractivity contribution in [3.63, 3.8) is 0 Å². The number of aromatic nitrogens is 3. The Kier molecular flexibility index (Phi) is 2.63. The van der Waals surface area contributed by atoms with Gasteiger partial charge in [0.05, 0.1) is 0 Å². The van der Waals surface area contributed by atoms with Crippen LogP contribution in [0.5, 0.6) is 0 Å². The summed E-state index contributed by atoms with van der Waals surface area (Å²) in [6, 6.07) is 8.18. The lowest BCUT2D eigenvalue weighted by atomic mass is 9.97. The van der Waals surface area contributed by atoms with Crippen LogP contribution in [0.2, 0.25) is 0 Å². The van der Waals surface area contributed by atoms with Crippen molar-refractivity contribution >= 4 is 16.9 Å². The minimum atomic E-state index is 0.500. The first kappa shape index (κ1) is 11.6. The molecule has 19 heavy (non-hydrogen) atoms. The topological polar surface area (TPSA) is 64.7 Å². The van der Waals surface area contributed by atoms with E-state index in [4.69, 9.17) is 5.73 Å². The molecule has 2 aromatic heterocycles. The van der Waals surface area contributed by atoms with Gasteiger partial charge in [0.1, 0.15) is 12.1 Å². The molecule has 3 aromatic rings. The Morgan fingerprint density at radius 1 is 1.11 bits per heavy atom. The van der Waals surface area contributed by atoms with Gasteiger partial charge in [-0.15, -0.1) is 0 Å². The summed E-state index contributed by atoms with van der Waals surface area (Å²) in [5, 5.41) is 0.896. The van der Waals surface area contributed by atoms with Gasteiger partial charge in [-0.3, -0.25) is 0 Å². The molecule has 0 aliphatic rings. The molecule has 0 unspecified atom stereocenters. The van der Waals surface area contributed by atoms with E-state index in [1.54, 1.807) is 6.20 Å². The van der Waals surface area contributed by atoms with Crippen LogP contribution in [0.1, 0.15) is 11.1 Å². The number of fused-ring (bicyclic) bond motifs is 1. The van der Waals surface area contributed by atoms with Crippen LogP contribution in [0, 0.1) is 13.8 Å². The highest BCUT2D eigenvalue weighted by molar-refractivity contribution is 5.87. The van der Waals surface area contributed by atoms with E-state index in [1.807, 2.05) is 12.1 Å².